The zero-order chi connectivity index (χ0) is 14.6. The van der Waals surface area contributed by atoms with E-state index in [1.54, 1.807) is 30.4 Å². The lowest BCUT2D eigenvalue weighted by atomic mass is 9.99. The van der Waals surface area contributed by atoms with Crippen molar-refractivity contribution in [3.8, 4) is 0 Å². The number of hydrogen-bond acceptors (Lipinski definition) is 5. The lowest BCUT2D eigenvalue weighted by Crippen LogP contribution is -2.34. The van der Waals surface area contributed by atoms with E-state index >= 15 is 0 Å². The summed E-state index contributed by atoms with van der Waals surface area (Å²) in [4.78, 5) is 10.1. The van der Waals surface area contributed by atoms with Gasteiger partial charge in [-0.05, 0) is 34.9 Å². The van der Waals surface area contributed by atoms with Crippen LogP contribution in [0.15, 0.2) is 41.1 Å². The monoisotopic (exact) mass is 292 g/mol. The van der Waals surface area contributed by atoms with Crippen LogP contribution in [0.5, 0.6) is 0 Å². The van der Waals surface area contributed by atoms with Crippen LogP contribution in [0.4, 0.5) is 5.69 Å². The predicted octanol–water partition coefficient (Wildman–Crippen LogP) is 2.65. The van der Waals surface area contributed by atoms with Gasteiger partial charge in [0.2, 0.25) is 0 Å². The fraction of sp³-hybridized carbons (Fsp3) is 0.286. The summed E-state index contributed by atoms with van der Waals surface area (Å²) in [5.74, 6) is 0. The molecule has 6 heteroatoms. The molecule has 2 aromatic rings. The van der Waals surface area contributed by atoms with Crippen LogP contribution in [-0.2, 0) is 12.1 Å². The molecule has 0 fully saturated rings. The molecule has 2 rings (SSSR count). The third-order valence-electron chi connectivity index (χ3n) is 3.09. The summed E-state index contributed by atoms with van der Waals surface area (Å²) in [5, 5.41) is 27.9. The minimum atomic E-state index is -0.916. The molecule has 0 amide bonds. The maximum Gasteiger partial charge on any atom is 0.269 e. The van der Waals surface area contributed by atoms with Crippen LogP contribution in [0.3, 0.4) is 0 Å². The molecule has 1 heterocycles. The highest BCUT2D eigenvalue weighted by Gasteiger charge is 2.22. The van der Waals surface area contributed by atoms with Gasteiger partial charge in [0.15, 0.2) is 0 Å². The van der Waals surface area contributed by atoms with Crippen molar-refractivity contribution in [2.24, 2.45) is 0 Å². The van der Waals surface area contributed by atoms with Gasteiger partial charge >= 0.3 is 0 Å². The highest BCUT2D eigenvalue weighted by molar-refractivity contribution is 7.08. The molecule has 0 spiro atoms. The van der Waals surface area contributed by atoms with Crippen molar-refractivity contribution in [1.82, 2.24) is 5.32 Å². The van der Waals surface area contributed by atoms with E-state index in [9.17, 15) is 15.2 Å². The summed E-state index contributed by atoms with van der Waals surface area (Å²) in [6, 6.07) is 8.29. The second-order valence-corrected chi connectivity index (χ2v) is 5.59. The SMILES string of the molecule is CC(O)(CNCc1ccc([N+](=O)[O-])cc1)c1ccsc1. The van der Waals surface area contributed by atoms with E-state index in [2.05, 4.69) is 5.32 Å². The molecular weight excluding hydrogens is 276 g/mol. The van der Waals surface area contributed by atoms with Crippen LogP contribution in [0.2, 0.25) is 0 Å². The Morgan fingerprint density at radius 1 is 1.35 bits per heavy atom. The minimum absolute atomic E-state index is 0.0824. The molecular formula is C14H16N2O3S. The van der Waals surface area contributed by atoms with Gasteiger partial charge < -0.3 is 10.4 Å². The summed E-state index contributed by atoms with van der Waals surface area (Å²) in [7, 11) is 0. The van der Waals surface area contributed by atoms with Crippen molar-refractivity contribution in [2.45, 2.75) is 19.1 Å². The summed E-state index contributed by atoms with van der Waals surface area (Å²) in [6.07, 6.45) is 0. The van der Waals surface area contributed by atoms with Gasteiger partial charge in [0.25, 0.3) is 5.69 Å². The molecule has 1 aromatic carbocycles. The topological polar surface area (TPSA) is 75.4 Å². The van der Waals surface area contributed by atoms with E-state index in [-0.39, 0.29) is 5.69 Å². The van der Waals surface area contributed by atoms with E-state index in [0.717, 1.165) is 11.1 Å². The Kier molecular flexibility index (Phi) is 4.49. The Morgan fingerprint density at radius 3 is 2.60 bits per heavy atom. The Labute approximate surface area is 121 Å². The molecule has 0 aliphatic heterocycles. The van der Waals surface area contributed by atoms with Crippen LogP contribution in [0, 0.1) is 10.1 Å². The Bertz CT molecular complexity index is 565. The van der Waals surface area contributed by atoms with E-state index in [1.807, 2.05) is 16.8 Å². The lowest BCUT2D eigenvalue weighted by molar-refractivity contribution is -0.384. The zero-order valence-electron chi connectivity index (χ0n) is 11.1. The maximum absolute atomic E-state index is 10.5. The number of nitro groups is 1. The van der Waals surface area contributed by atoms with Crippen LogP contribution < -0.4 is 5.32 Å². The number of nitrogens with one attached hydrogen (secondary N) is 1. The molecule has 20 heavy (non-hydrogen) atoms. The van der Waals surface area contributed by atoms with Gasteiger partial charge in [-0.3, -0.25) is 10.1 Å². The van der Waals surface area contributed by atoms with E-state index in [4.69, 9.17) is 0 Å². The number of aliphatic hydroxyl groups is 1. The molecule has 0 saturated carbocycles. The standard InChI is InChI=1S/C14H16N2O3S/c1-14(17,12-6-7-20-9-12)10-15-8-11-2-4-13(5-3-11)16(18)19/h2-7,9,15,17H,8,10H2,1H3. The Hall–Kier alpha value is -1.76. The van der Waals surface area contributed by atoms with Crippen molar-refractivity contribution in [3.63, 3.8) is 0 Å². The molecule has 0 saturated heterocycles. The average Bonchev–Trinajstić information content (AvgIpc) is 2.94. The number of non-ortho nitro benzene ring substituents is 1. The van der Waals surface area contributed by atoms with Gasteiger partial charge in [-0.15, -0.1) is 0 Å². The molecule has 1 atom stereocenters. The Morgan fingerprint density at radius 2 is 2.05 bits per heavy atom. The minimum Gasteiger partial charge on any atom is -0.384 e. The third-order valence-corrected chi connectivity index (χ3v) is 3.77. The first-order valence-electron chi connectivity index (χ1n) is 6.18. The maximum atomic E-state index is 10.5. The van der Waals surface area contributed by atoms with Gasteiger partial charge in [-0.25, -0.2) is 0 Å². The summed E-state index contributed by atoms with van der Waals surface area (Å²) < 4.78 is 0. The average molecular weight is 292 g/mol. The van der Waals surface area contributed by atoms with E-state index < -0.39 is 10.5 Å². The van der Waals surface area contributed by atoms with Crippen LogP contribution in [-0.4, -0.2) is 16.6 Å². The second-order valence-electron chi connectivity index (χ2n) is 4.81. The third kappa shape index (κ3) is 3.63. The van der Waals surface area contributed by atoms with Gasteiger partial charge in [0, 0.05) is 25.2 Å². The quantitative estimate of drug-likeness (QED) is 0.634. The number of nitrogens with zero attached hydrogens (tertiary/aromatic N) is 1. The first kappa shape index (κ1) is 14.6. The number of nitro benzene ring substituents is 1. The molecule has 2 N–H and O–H groups in total. The molecule has 0 aliphatic rings. The van der Waals surface area contributed by atoms with Gasteiger partial charge in [0.05, 0.1) is 10.5 Å². The molecule has 0 aliphatic carbocycles. The molecule has 1 aromatic heterocycles. The van der Waals surface area contributed by atoms with Crippen molar-refractivity contribution in [3.05, 3.63) is 62.3 Å². The summed E-state index contributed by atoms with van der Waals surface area (Å²) in [5.41, 5.74) is 0.996. The first-order chi connectivity index (χ1) is 9.49. The zero-order valence-corrected chi connectivity index (χ0v) is 11.9. The van der Waals surface area contributed by atoms with Crippen LogP contribution >= 0.6 is 11.3 Å². The van der Waals surface area contributed by atoms with Crippen LogP contribution in [0.1, 0.15) is 18.1 Å². The van der Waals surface area contributed by atoms with E-state index in [0.29, 0.717) is 13.1 Å². The molecule has 1 unspecified atom stereocenters. The van der Waals surface area contributed by atoms with Gasteiger partial charge in [-0.2, -0.15) is 11.3 Å². The van der Waals surface area contributed by atoms with Crippen molar-refractivity contribution >= 4 is 17.0 Å². The number of thiophene rings is 1. The van der Waals surface area contributed by atoms with Crippen LogP contribution in [0.25, 0.3) is 0 Å². The first-order valence-corrected chi connectivity index (χ1v) is 7.12. The van der Waals surface area contributed by atoms with Gasteiger partial charge in [0.1, 0.15) is 0 Å². The van der Waals surface area contributed by atoms with Gasteiger partial charge in [-0.1, -0.05) is 12.1 Å². The molecule has 0 radical (unpaired) electrons. The number of benzene rings is 1. The molecule has 0 bridgehead atoms. The van der Waals surface area contributed by atoms with Crippen molar-refractivity contribution < 1.29 is 10.0 Å². The number of hydrogen-bond donors (Lipinski definition) is 2. The van der Waals surface area contributed by atoms with E-state index in [1.165, 1.54) is 12.1 Å². The lowest BCUT2D eigenvalue weighted by Gasteiger charge is -2.22. The smallest absolute Gasteiger partial charge is 0.269 e. The molecule has 5 nitrogen and oxygen atoms in total. The highest BCUT2D eigenvalue weighted by atomic mass is 32.1. The predicted molar refractivity (Wildman–Crippen MR) is 78.7 cm³/mol. The Balaban J connectivity index is 1.88. The fourth-order valence-corrected chi connectivity index (χ4v) is 2.64. The van der Waals surface area contributed by atoms with Crippen molar-refractivity contribution in [1.29, 1.82) is 0 Å². The second kappa shape index (κ2) is 6.13. The summed E-state index contributed by atoms with van der Waals surface area (Å²) >= 11 is 1.55. The number of rotatable bonds is 6. The highest BCUT2D eigenvalue weighted by Crippen LogP contribution is 2.22. The normalized spacial score (nSPS) is 13.9. The summed E-state index contributed by atoms with van der Waals surface area (Å²) in [6.45, 7) is 2.73. The molecule has 106 valence electrons. The van der Waals surface area contributed by atoms with Crippen molar-refractivity contribution in [2.75, 3.05) is 6.54 Å². The largest absolute Gasteiger partial charge is 0.384 e. The fourth-order valence-electron chi connectivity index (χ4n) is 1.86.